The second kappa shape index (κ2) is 3.24. The number of hydrogen-bond acceptors (Lipinski definition) is 1. The average Bonchev–Trinajstić information content (AvgIpc) is 2.57. The van der Waals surface area contributed by atoms with Crippen molar-refractivity contribution in [3.63, 3.8) is 0 Å². The summed E-state index contributed by atoms with van der Waals surface area (Å²) in [5.41, 5.74) is 3.68. The SMILES string of the molecule is CC1=Cc2c(oc3cccc(Br)c23)CC1. The van der Waals surface area contributed by atoms with Crippen LogP contribution < -0.4 is 0 Å². The Hall–Kier alpha value is -1.02. The van der Waals surface area contributed by atoms with Crippen LogP contribution in [-0.4, -0.2) is 0 Å². The normalized spacial score (nSPS) is 15.2. The van der Waals surface area contributed by atoms with E-state index >= 15 is 0 Å². The Morgan fingerprint density at radius 3 is 3.00 bits per heavy atom. The summed E-state index contributed by atoms with van der Waals surface area (Å²) in [5, 5.41) is 1.21. The van der Waals surface area contributed by atoms with E-state index in [2.05, 4.69) is 35.0 Å². The minimum Gasteiger partial charge on any atom is -0.460 e. The molecule has 0 spiro atoms. The lowest BCUT2D eigenvalue weighted by Gasteiger charge is -2.07. The van der Waals surface area contributed by atoms with Crippen molar-refractivity contribution in [2.75, 3.05) is 0 Å². The number of rotatable bonds is 0. The molecule has 3 rings (SSSR count). The highest BCUT2D eigenvalue weighted by Gasteiger charge is 2.17. The summed E-state index contributed by atoms with van der Waals surface area (Å²) in [6, 6.07) is 6.11. The van der Waals surface area contributed by atoms with Crippen LogP contribution in [-0.2, 0) is 6.42 Å². The lowest BCUT2D eigenvalue weighted by Crippen LogP contribution is -1.93. The number of allylic oxidation sites excluding steroid dienone is 1. The number of aryl methyl sites for hydroxylation is 1. The van der Waals surface area contributed by atoms with Gasteiger partial charge in [0.05, 0.1) is 0 Å². The summed E-state index contributed by atoms with van der Waals surface area (Å²) in [6.45, 7) is 2.18. The first-order valence-corrected chi connectivity index (χ1v) is 5.92. The number of halogens is 1. The van der Waals surface area contributed by atoms with Crippen LogP contribution in [0, 0.1) is 0 Å². The minimum atomic E-state index is 0.986. The van der Waals surface area contributed by atoms with Gasteiger partial charge in [-0.1, -0.05) is 33.6 Å². The fourth-order valence-electron chi connectivity index (χ4n) is 2.15. The van der Waals surface area contributed by atoms with Gasteiger partial charge in [0.2, 0.25) is 0 Å². The van der Waals surface area contributed by atoms with Gasteiger partial charge in [-0.3, -0.25) is 0 Å². The van der Waals surface area contributed by atoms with Crippen molar-refractivity contribution in [3.8, 4) is 0 Å². The topological polar surface area (TPSA) is 13.1 Å². The zero-order chi connectivity index (χ0) is 10.4. The number of furan rings is 1. The molecule has 1 aliphatic rings. The molecular weight excluding hydrogens is 252 g/mol. The van der Waals surface area contributed by atoms with E-state index in [-0.39, 0.29) is 0 Å². The van der Waals surface area contributed by atoms with E-state index in [0.717, 1.165) is 28.7 Å². The van der Waals surface area contributed by atoms with Crippen molar-refractivity contribution in [1.29, 1.82) is 0 Å². The summed E-state index contributed by atoms with van der Waals surface area (Å²) < 4.78 is 6.97. The molecule has 0 saturated carbocycles. The van der Waals surface area contributed by atoms with Crippen LogP contribution in [0.25, 0.3) is 17.0 Å². The van der Waals surface area contributed by atoms with Gasteiger partial charge in [0.25, 0.3) is 0 Å². The Morgan fingerprint density at radius 2 is 2.13 bits per heavy atom. The lowest BCUT2D eigenvalue weighted by atomic mass is 9.97. The monoisotopic (exact) mass is 262 g/mol. The van der Waals surface area contributed by atoms with Crippen LogP contribution >= 0.6 is 15.9 Å². The van der Waals surface area contributed by atoms with E-state index in [9.17, 15) is 0 Å². The molecule has 0 atom stereocenters. The summed E-state index contributed by atoms with van der Waals surface area (Å²) >= 11 is 3.59. The average molecular weight is 263 g/mol. The lowest BCUT2D eigenvalue weighted by molar-refractivity contribution is 0.543. The summed E-state index contributed by atoms with van der Waals surface area (Å²) in [6.07, 6.45) is 4.39. The van der Waals surface area contributed by atoms with Crippen LogP contribution in [0.4, 0.5) is 0 Å². The maximum absolute atomic E-state index is 5.85. The van der Waals surface area contributed by atoms with Crippen LogP contribution in [0.5, 0.6) is 0 Å². The summed E-state index contributed by atoms with van der Waals surface area (Å²) in [5.74, 6) is 1.13. The first kappa shape index (κ1) is 9.22. The largest absolute Gasteiger partial charge is 0.460 e. The van der Waals surface area contributed by atoms with E-state index in [0.29, 0.717) is 0 Å². The van der Waals surface area contributed by atoms with Crippen LogP contribution in [0.1, 0.15) is 24.7 Å². The molecule has 2 heteroatoms. The molecule has 1 aliphatic carbocycles. The van der Waals surface area contributed by atoms with Crippen molar-refractivity contribution in [1.82, 2.24) is 0 Å². The first-order chi connectivity index (χ1) is 7.25. The third-order valence-corrected chi connectivity index (χ3v) is 3.58. The highest BCUT2D eigenvalue weighted by Crippen LogP contribution is 2.36. The maximum Gasteiger partial charge on any atom is 0.136 e. The Balaban J connectivity index is 2.41. The second-order valence-corrected chi connectivity index (χ2v) is 4.90. The highest BCUT2D eigenvalue weighted by molar-refractivity contribution is 9.10. The van der Waals surface area contributed by atoms with Crippen molar-refractivity contribution in [2.24, 2.45) is 0 Å². The van der Waals surface area contributed by atoms with Gasteiger partial charge in [0.1, 0.15) is 11.3 Å². The molecular formula is C13H11BrO. The molecule has 1 nitrogen and oxygen atoms in total. The molecule has 15 heavy (non-hydrogen) atoms. The Labute approximate surface area is 96.9 Å². The van der Waals surface area contributed by atoms with Gasteiger partial charge in [0.15, 0.2) is 0 Å². The molecule has 0 unspecified atom stereocenters. The zero-order valence-corrected chi connectivity index (χ0v) is 10.1. The van der Waals surface area contributed by atoms with Crippen molar-refractivity contribution in [2.45, 2.75) is 19.8 Å². The van der Waals surface area contributed by atoms with Crippen LogP contribution in [0.2, 0.25) is 0 Å². The van der Waals surface area contributed by atoms with E-state index in [1.165, 1.54) is 16.5 Å². The molecule has 1 heterocycles. The van der Waals surface area contributed by atoms with Gasteiger partial charge in [0, 0.05) is 21.8 Å². The molecule has 1 aromatic heterocycles. The van der Waals surface area contributed by atoms with Gasteiger partial charge in [-0.25, -0.2) is 0 Å². The van der Waals surface area contributed by atoms with Gasteiger partial charge >= 0.3 is 0 Å². The number of hydrogen-bond donors (Lipinski definition) is 0. The molecule has 0 aliphatic heterocycles. The Kier molecular flexibility index (Phi) is 1.99. The smallest absolute Gasteiger partial charge is 0.136 e. The fourth-order valence-corrected chi connectivity index (χ4v) is 2.71. The fraction of sp³-hybridized carbons (Fsp3) is 0.231. The molecule has 0 N–H and O–H groups in total. The minimum absolute atomic E-state index is 0.986. The van der Waals surface area contributed by atoms with Crippen LogP contribution in [0.15, 0.2) is 32.7 Å². The third kappa shape index (κ3) is 1.36. The standard InChI is InChI=1S/C13H11BrO/c1-8-5-6-11-9(7-8)13-10(14)3-2-4-12(13)15-11/h2-4,7H,5-6H2,1H3. The van der Waals surface area contributed by atoms with Crippen molar-refractivity contribution >= 4 is 33.0 Å². The molecule has 0 bridgehead atoms. The summed E-state index contributed by atoms with van der Waals surface area (Å²) in [7, 11) is 0. The zero-order valence-electron chi connectivity index (χ0n) is 8.51. The first-order valence-electron chi connectivity index (χ1n) is 5.13. The molecule has 1 aromatic carbocycles. The van der Waals surface area contributed by atoms with Gasteiger partial charge < -0.3 is 4.42 Å². The van der Waals surface area contributed by atoms with E-state index < -0.39 is 0 Å². The quantitative estimate of drug-likeness (QED) is 0.679. The molecule has 0 radical (unpaired) electrons. The molecule has 76 valence electrons. The summed E-state index contributed by atoms with van der Waals surface area (Å²) in [4.78, 5) is 0. The van der Waals surface area contributed by atoms with Crippen molar-refractivity contribution in [3.05, 3.63) is 39.6 Å². The molecule has 2 aromatic rings. The number of benzene rings is 1. The van der Waals surface area contributed by atoms with E-state index in [1.54, 1.807) is 0 Å². The highest BCUT2D eigenvalue weighted by atomic mass is 79.9. The van der Waals surface area contributed by atoms with Crippen LogP contribution in [0.3, 0.4) is 0 Å². The molecule has 0 saturated heterocycles. The molecule has 0 fully saturated rings. The maximum atomic E-state index is 5.85. The predicted molar refractivity (Wildman–Crippen MR) is 65.9 cm³/mol. The Bertz CT molecular complexity index is 563. The predicted octanol–water partition coefficient (Wildman–Crippen LogP) is 4.54. The van der Waals surface area contributed by atoms with E-state index in [4.69, 9.17) is 4.42 Å². The second-order valence-electron chi connectivity index (χ2n) is 4.04. The van der Waals surface area contributed by atoms with Gasteiger partial charge in [-0.2, -0.15) is 0 Å². The van der Waals surface area contributed by atoms with Gasteiger partial charge in [-0.15, -0.1) is 0 Å². The van der Waals surface area contributed by atoms with Crippen molar-refractivity contribution < 1.29 is 4.42 Å². The van der Waals surface area contributed by atoms with E-state index in [1.807, 2.05) is 12.1 Å². The molecule has 0 amide bonds. The number of fused-ring (bicyclic) bond motifs is 3. The Morgan fingerprint density at radius 1 is 1.27 bits per heavy atom. The third-order valence-electron chi connectivity index (χ3n) is 2.92. The van der Waals surface area contributed by atoms with Gasteiger partial charge in [-0.05, 0) is 25.5 Å².